The molecule has 1 aromatic carbocycles. The van der Waals surface area contributed by atoms with Crippen molar-refractivity contribution in [2.75, 3.05) is 26.2 Å². The fourth-order valence-electron chi connectivity index (χ4n) is 3.21. The van der Waals surface area contributed by atoms with Gasteiger partial charge in [-0.25, -0.2) is 13.5 Å². The number of hydrogen-bond acceptors (Lipinski definition) is 3. The molecule has 1 aliphatic rings. The number of para-hydroxylation sites is 1. The van der Waals surface area contributed by atoms with E-state index in [0.717, 1.165) is 30.2 Å². The normalized spacial score (nSPS) is 16.0. The molecule has 0 saturated carbocycles. The van der Waals surface area contributed by atoms with Gasteiger partial charge in [-0.15, -0.1) is 0 Å². The molecule has 0 bridgehead atoms. The lowest BCUT2D eigenvalue weighted by Crippen LogP contribution is -2.39. The zero-order chi connectivity index (χ0) is 18.7. The molecule has 3 rings (SSSR count). The Morgan fingerprint density at radius 3 is 2.58 bits per heavy atom. The van der Waals surface area contributed by atoms with Crippen LogP contribution in [0.4, 0.5) is 8.78 Å². The number of benzene rings is 1. The number of carbonyl (C=O) groups is 1. The Hall–Kier alpha value is -2.28. The van der Waals surface area contributed by atoms with Crippen LogP contribution >= 0.6 is 0 Å². The van der Waals surface area contributed by atoms with E-state index in [4.69, 9.17) is 0 Å². The third-order valence-electron chi connectivity index (χ3n) is 4.86. The lowest BCUT2D eigenvalue weighted by atomic mass is 9.99. The molecule has 0 atom stereocenters. The maximum atomic E-state index is 14.0. The van der Waals surface area contributed by atoms with Crippen molar-refractivity contribution in [3.8, 4) is 5.69 Å². The summed E-state index contributed by atoms with van der Waals surface area (Å²) >= 11 is 0. The van der Waals surface area contributed by atoms with Crippen molar-refractivity contribution in [1.82, 2.24) is 20.0 Å². The van der Waals surface area contributed by atoms with Gasteiger partial charge < -0.3 is 10.2 Å². The van der Waals surface area contributed by atoms with Gasteiger partial charge in [0.25, 0.3) is 5.91 Å². The van der Waals surface area contributed by atoms with Crippen LogP contribution in [0, 0.1) is 24.5 Å². The van der Waals surface area contributed by atoms with E-state index in [1.807, 2.05) is 0 Å². The monoisotopic (exact) mass is 362 g/mol. The summed E-state index contributed by atoms with van der Waals surface area (Å²) in [5, 5.41) is 6.92. The zero-order valence-corrected chi connectivity index (χ0v) is 15.1. The Morgan fingerprint density at radius 1 is 1.27 bits per heavy atom. The average Bonchev–Trinajstić information content (AvgIpc) is 2.98. The van der Waals surface area contributed by atoms with E-state index in [0.29, 0.717) is 12.2 Å². The van der Waals surface area contributed by atoms with E-state index < -0.39 is 11.6 Å². The van der Waals surface area contributed by atoms with Crippen molar-refractivity contribution in [3.63, 3.8) is 0 Å². The third-order valence-corrected chi connectivity index (χ3v) is 4.86. The molecule has 1 aromatic heterocycles. The van der Waals surface area contributed by atoms with E-state index in [1.165, 1.54) is 37.1 Å². The van der Waals surface area contributed by atoms with Gasteiger partial charge in [-0.2, -0.15) is 5.10 Å². The summed E-state index contributed by atoms with van der Waals surface area (Å²) in [6.45, 7) is 7.34. The van der Waals surface area contributed by atoms with Crippen molar-refractivity contribution in [2.24, 2.45) is 5.92 Å². The number of aryl methyl sites for hydroxylation is 1. The predicted molar refractivity (Wildman–Crippen MR) is 95.4 cm³/mol. The molecule has 1 N–H and O–H groups in total. The zero-order valence-electron chi connectivity index (χ0n) is 15.1. The minimum Gasteiger partial charge on any atom is -0.349 e. The van der Waals surface area contributed by atoms with Gasteiger partial charge in [-0.1, -0.05) is 13.0 Å². The van der Waals surface area contributed by atoms with Gasteiger partial charge >= 0.3 is 0 Å². The molecule has 0 unspecified atom stereocenters. The molecule has 0 radical (unpaired) electrons. The molecule has 7 heteroatoms. The molecule has 0 aliphatic carbocycles. The minimum atomic E-state index is -0.720. The molecule has 0 spiro atoms. The molecule has 26 heavy (non-hydrogen) atoms. The standard InChI is InChI=1S/C19H24F2N4O/c1-13-6-9-24(10-7-13)11-8-22-19(26)17-12-14(2)25(23-17)18-15(20)4-3-5-16(18)21/h3-5,12-13H,6-11H2,1-2H3,(H,22,26). The molecule has 140 valence electrons. The van der Waals surface area contributed by atoms with Crippen LogP contribution in [-0.2, 0) is 0 Å². The highest BCUT2D eigenvalue weighted by Crippen LogP contribution is 2.19. The lowest BCUT2D eigenvalue weighted by molar-refractivity contribution is 0.0939. The summed E-state index contributed by atoms with van der Waals surface area (Å²) in [7, 11) is 0. The smallest absolute Gasteiger partial charge is 0.271 e. The van der Waals surface area contributed by atoms with Crippen molar-refractivity contribution >= 4 is 5.91 Å². The molecule has 2 aromatic rings. The number of nitrogens with zero attached hydrogens (tertiary/aromatic N) is 3. The van der Waals surface area contributed by atoms with Gasteiger partial charge in [-0.05, 0) is 57.0 Å². The van der Waals surface area contributed by atoms with E-state index in [2.05, 4.69) is 22.2 Å². The van der Waals surface area contributed by atoms with Gasteiger partial charge in [0.05, 0.1) is 0 Å². The molecule has 1 aliphatic heterocycles. The molecular weight excluding hydrogens is 338 g/mol. The van der Waals surface area contributed by atoms with Crippen LogP contribution in [0.3, 0.4) is 0 Å². The minimum absolute atomic E-state index is 0.150. The van der Waals surface area contributed by atoms with E-state index in [1.54, 1.807) is 6.92 Å². The summed E-state index contributed by atoms with van der Waals surface area (Å²) in [5.41, 5.74) is 0.369. The van der Waals surface area contributed by atoms with Crippen molar-refractivity contribution < 1.29 is 13.6 Å². The summed E-state index contributed by atoms with van der Waals surface area (Å²) in [5.74, 6) is -1.01. The van der Waals surface area contributed by atoms with Crippen molar-refractivity contribution in [2.45, 2.75) is 26.7 Å². The van der Waals surface area contributed by atoms with Gasteiger partial charge in [0.1, 0.15) is 5.69 Å². The topological polar surface area (TPSA) is 50.2 Å². The molecule has 1 saturated heterocycles. The highest BCUT2D eigenvalue weighted by Gasteiger charge is 2.19. The number of nitrogens with one attached hydrogen (secondary N) is 1. The maximum Gasteiger partial charge on any atom is 0.271 e. The first-order chi connectivity index (χ1) is 12.5. The van der Waals surface area contributed by atoms with Gasteiger partial charge in [0.15, 0.2) is 17.3 Å². The fraction of sp³-hybridized carbons (Fsp3) is 0.474. The number of piperidine rings is 1. The number of hydrogen-bond donors (Lipinski definition) is 1. The Morgan fingerprint density at radius 2 is 1.92 bits per heavy atom. The summed E-state index contributed by atoms with van der Waals surface area (Å²) in [4.78, 5) is 14.6. The van der Waals surface area contributed by atoms with Gasteiger partial charge in [-0.3, -0.25) is 4.79 Å². The number of aromatic nitrogens is 2. The molecular formula is C19H24F2N4O. The van der Waals surface area contributed by atoms with Crippen LogP contribution in [-0.4, -0.2) is 46.8 Å². The van der Waals surface area contributed by atoms with Crippen molar-refractivity contribution in [3.05, 3.63) is 47.3 Å². The first kappa shape index (κ1) is 18.5. The maximum absolute atomic E-state index is 14.0. The van der Waals surface area contributed by atoms with Crippen molar-refractivity contribution in [1.29, 1.82) is 0 Å². The van der Waals surface area contributed by atoms with Crippen LogP contribution in [0.2, 0.25) is 0 Å². The summed E-state index contributed by atoms with van der Waals surface area (Å²) in [6, 6.07) is 5.16. The number of likely N-dealkylation sites (tertiary alicyclic amines) is 1. The van der Waals surface area contributed by atoms with E-state index >= 15 is 0 Å². The second-order valence-corrected chi connectivity index (χ2v) is 6.93. The predicted octanol–water partition coefficient (Wildman–Crippen LogP) is 2.92. The molecule has 5 nitrogen and oxygen atoms in total. The van der Waals surface area contributed by atoms with Crippen LogP contribution in [0.25, 0.3) is 5.69 Å². The number of amides is 1. The Labute approximate surface area is 152 Å². The Bertz CT molecular complexity index is 762. The third kappa shape index (κ3) is 4.09. The number of rotatable bonds is 5. The van der Waals surface area contributed by atoms with Gasteiger partial charge in [0, 0.05) is 18.8 Å². The number of carbonyl (C=O) groups excluding carboxylic acids is 1. The lowest BCUT2D eigenvalue weighted by Gasteiger charge is -2.30. The van der Waals surface area contributed by atoms with Crippen LogP contribution in [0.15, 0.2) is 24.3 Å². The second kappa shape index (κ2) is 7.95. The quantitative estimate of drug-likeness (QED) is 0.890. The SMILES string of the molecule is Cc1cc(C(=O)NCCN2CCC(C)CC2)nn1-c1c(F)cccc1F. The van der Waals surface area contributed by atoms with Gasteiger partial charge in [0.2, 0.25) is 0 Å². The molecule has 2 heterocycles. The first-order valence-corrected chi connectivity index (χ1v) is 8.97. The second-order valence-electron chi connectivity index (χ2n) is 6.93. The first-order valence-electron chi connectivity index (χ1n) is 8.97. The summed E-state index contributed by atoms with van der Waals surface area (Å²) in [6.07, 6.45) is 2.37. The number of halogens is 2. The van der Waals surface area contributed by atoms with Crippen LogP contribution < -0.4 is 5.32 Å². The van der Waals surface area contributed by atoms with E-state index in [-0.39, 0.29) is 17.3 Å². The molecule has 1 amide bonds. The Balaban J connectivity index is 1.62. The average molecular weight is 362 g/mol. The fourth-order valence-corrected chi connectivity index (χ4v) is 3.21. The highest BCUT2D eigenvalue weighted by atomic mass is 19.1. The largest absolute Gasteiger partial charge is 0.349 e. The molecule has 1 fully saturated rings. The van der Waals surface area contributed by atoms with E-state index in [9.17, 15) is 13.6 Å². The summed E-state index contributed by atoms with van der Waals surface area (Å²) < 4.78 is 29.0. The van der Waals surface area contributed by atoms with Crippen LogP contribution in [0.5, 0.6) is 0 Å². The van der Waals surface area contributed by atoms with Crippen LogP contribution in [0.1, 0.15) is 35.9 Å². The Kier molecular flexibility index (Phi) is 5.66. The highest BCUT2D eigenvalue weighted by molar-refractivity contribution is 5.92.